The molecular weight excluding hydrogens is 371 g/mol. The van der Waals surface area contributed by atoms with Crippen LogP contribution in [-0.4, -0.2) is 9.75 Å². The number of allylic oxidation sites excluding steroid dienone is 8. The minimum atomic E-state index is -0.790. The average molecular weight is 393 g/mol. The molecule has 0 bridgehead atoms. The van der Waals surface area contributed by atoms with Crippen molar-refractivity contribution in [1.29, 1.82) is 0 Å². The zero-order valence-electron chi connectivity index (χ0n) is 15.5. The monoisotopic (exact) mass is 392 g/mol. The summed E-state index contributed by atoms with van der Waals surface area (Å²) in [6, 6.07) is 20.8. The maximum Gasteiger partial charge on any atom is 0.0999 e. The summed E-state index contributed by atoms with van der Waals surface area (Å²) in [5, 5.41) is 0. The van der Waals surface area contributed by atoms with Gasteiger partial charge in [0.15, 0.2) is 0 Å². The normalized spacial score (nSPS) is 27.0. The molecule has 0 N–H and O–H groups in total. The van der Waals surface area contributed by atoms with Crippen LogP contribution in [-0.2, 0) is 5.41 Å². The molecule has 0 fully saturated rings. The van der Waals surface area contributed by atoms with Crippen LogP contribution in [0.3, 0.4) is 0 Å². The van der Waals surface area contributed by atoms with Crippen LogP contribution in [0.15, 0.2) is 108 Å². The smallest absolute Gasteiger partial charge is 0.0999 e. The summed E-state index contributed by atoms with van der Waals surface area (Å²) in [5.74, 6) is 0. The molecule has 2 aliphatic rings. The van der Waals surface area contributed by atoms with Gasteiger partial charge in [-0.15, -0.1) is 23.2 Å². The van der Waals surface area contributed by atoms with Crippen LogP contribution >= 0.6 is 23.2 Å². The van der Waals surface area contributed by atoms with E-state index in [2.05, 4.69) is 86.7 Å². The maximum absolute atomic E-state index is 7.55. The van der Waals surface area contributed by atoms with Gasteiger partial charge in [-0.3, -0.25) is 0 Å². The third-order valence-electron chi connectivity index (χ3n) is 6.00. The highest BCUT2D eigenvalue weighted by Crippen LogP contribution is 2.62. The highest BCUT2D eigenvalue weighted by Gasteiger charge is 2.64. The van der Waals surface area contributed by atoms with Crippen molar-refractivity contribution in [3.05, 3.63) is 119 Å². The molecule has 2 aromatic carbocycles. The molecule has 0 aromatic heterocycles. The number of benzene rings is 2. The predicted molar refractivity (Wildman–Crippen MR) is 117 cm³/mol. The number of hydrogen-bond donors (Lipinski definition) is 0. The van der Waals surface area contributed by atoms with Gasteiger partial charge in [0.1, 0.15) is 0 Å². The molecule has 0 nitrogen and oxygen atoms in total. The van der Waals surface area contributed by atoms with Crippen LogP contribution in [0.1, 0.15) is 25.0 Å². The molecule has 0 saturated carbocycles. The highest BCUT2D eigenvalue weighted by atomic mass is 35.5. The van der Waals surface area contributed by atoms with Crippen LogP contribution in [0, 0.1) is 0 Å². The predicted octanol–water partition coefficient (Wildman–Crippen LogP) is 6.96. The molecule has 0 aliphatic heterocycles. The Bertz CT molecular complexity index is 884. The maximum atomic E-state index is 7.55. The van der Waals surface area contributed by atoms with Gasteiger partial charge in [-0.05, 0) is 36.1 Å². The van der Waals surface area contributed by atoms with E-state index in [9.17, 15) is 0 Å². The molecule has 0 radical (unpaired) electrons. The molecule has 0 heterocycles. The Morgan fingerprint density at radius 3 is 1.30 bits per heavy atom. The second-order valence-corrected chi connectivity index (χ2v) is 8.52. The molecular formula is C25H22Cl2. The second-order valence-electron chi connectivity index (χ2n) is 7.32. The first kappa shape index (κ1) is 18.3. The summed E-state index contributed by atoms with van der Waals surface area (Å²) in [6.45, 7) is 4.18. The Hall–Kier alpha value is -2.02. The van der Waals surface area contributed by atoms with Crippen molar-refractivity contribution in [2.75, 3.05) is 0 Å². The molecule has 2 aromatic rings. The third kappa shape index (κ3) is 2.37. The van der Waals surface area contributed by atoms with E-state index in [-0.39, 0.29) is 0 Å². The van der Waals surface area contributed by atoms with Crippen LogP contribution < -0.4 is 0 Å². The second kappa shape index (κ2) is 6.55. The fraction of sp³-hybridized carbons (Fsp3) is 0.200. The van der Waals surface area contributed by atoms with Crippen molar-refractivity contribution < 1.29 is 0 Å². The first-order valence-electron chi connectivity index (χ1n) is 9.19. The molecule has 0 spiro atoms. The topological polar surface area (TPSA) is 0 Å². The van der Waals surface area contributed by atoms with E-state index in [4.69, 9.17) is 23.2 Å². The van der Waals surface area contributed by atoms with Gasteiger partial charge >= 0.3 is 0 Å². The van der Waals surface area contributed by atoms with Crippen molar-refractivity contribution in [3.63, 3.8) is 0 Å². The molecule has 0 amide bonds. The lowest BCUT2D eigenvalue weighted by Crippen LogP contribution is -2.59. The largest absolute Gasteiger partial charge is 0.108 e. The molecule has 136 valence electrons. The van der Waals surface area contributed by atoms with Gasteiger partial charge in [0, 0.05) is 0 Å². The minimum absolute atomic E-state index is 0.715. The quantitative estimate of drug-likeness (QED) is 0.493. The number of rotatable bonds is 4. The standard InChI is InChI=1S/C25H22Cl2/c1-19-11-9-17-23(19,26)25(21-13-5-3-6-14-21,22-15-7-4-8-16-22)24(27)18-10-12-20(24)2/h3-18H,1-2H3. The van der Waals surface area contributed by atoms with Gasteiger partial charge in [0.05, 0.1) is 15.2 Å². The van der Waals surface area contributed by atoms with Gasteiger partial charge in [-0.25, -0.2) is 0 Å². The summed E-state index contributed by atoms with van der Waals surface area (Å²) in [6.07, 6.45) is 12.4. The van der Waals surface area contributed by atoms with Gasteiger partial charge in [0.2, 0.25) is 0 Å². The van der Waals surface area contributed by atoms with Gasteiger partial charge < -0.3 is 0 Å². The summed E-state index contributed by atoms with van der Waals surface area (Å²) in [4.78, 5) is -1.58. The molecule has 2 atom stereocenters. The fourth-order valence-corrected chi connectivity index (χ4v) is 5.70. The Labute approximate surface area is 171 Å². The Kier molecular flexibility index (Phi) is 4.45. The van der Waals surface area contributed by atoms with Crippen molar-refractivity contribution in [2.24, 2.45) is 0 Å². The van der Waals surface area contributed by atoms with Gasteiger partial charge in [-0.1, -0.05) is 97.1 Å². The minimum Gasteiger partial charge on any atom is -0.108 e. The van der Waals surface area contributed by atoms with E-state index in [0.29, 0.717) is 0 Å². The van der Waals surface area contributed by atoms with E-state index >= 15 is 0 Å². The van der Waals surface area contributed by atoms with E-state index in [0.717, 1.165) is 22.3 Å². The summed E-state index contributed by atoms with van der Waals surface area (Å²) in [7, 11) is 0. The molecule has 27 heavy (non-hydrogen) atoms. The Morgan fingerprint density at radius 1 is 0.630 bits per heavy atom. The van der Waals surface area contributed by atoms with Gasteiger partial charge in [-0.2, -0.15) is 0 Å². The molecule has 0 saturated heterocycles. The molecule has 2 heteroatoms. The van der Waals surface area contributed by atoms with Crippen LogP contribution in [0.2, 0.25) is 0 Å². The molecule has 2 aliphatic carbocycles. The summed E-state index contributed by atoms with van der Waals surface area (Å²) >= 11 is 15.1. The molecule has 2 unspecified atom stereocenters. The zero-order chi connectivity index (χ0) is 19.1. The first-order chi connectivity index (χ1) is 13.0. The number of halogens is 2. The van der Waals surface area contributed by atoms with Gasteiger partial charge in [0.25, 0.3) is 0 Å². The molecule has 4 rings (SSSR count). The van der Waals surface area contributed by atoms with E-state index in [1.54, 1.807) is 0 Å². The van der Waals surface area contributed by atoms with E-state index in [1.807, 2.05) is 24.3 Å². The Morgan fingerprint density at radius 2 is 1.00 bits per heavy atom. The summed E-state index contributed by atoms with van der Waals surface area (Å²) in [5.41, 5.74) is 3.65. The lowest BCUT2D eigenvalue weighted by atomic mass is 9.55. The lowest BCUT2D eigenvalue weighted by Gasteiger charge is -2.54. The van der Waals surface area contributed by atoms with Crippen molar-refractivity contribution in [1.82, 2.24) is 0 Å². The first-order valence-corrected chi connectivity index (χ1v) is 9.94. The Balaban J connectivity index is 2.18. The summed E-state index contributed by atoms with van der Waals surface area (Å²) < 4.78 is 0. The van der Waals surface area contributed by atoms with E-state index < -0.39 is 15.2 Å². The van der Waals surface area contributed by atoms with Crippen LogP contribution in [0.25, 0.3) is 0 Å². The van der Waals surface area contributed by atoms with Crippen molar-refractivity contribution in [3.8, 4) is 0 Å². The average Bonchev–Trinajstić information content (AvgIpc) is 3.20. The zero-order valence-corrected chi connectivity index (χ0v) is 17.0. The van der Waals surface area contributed by atoms with Crippen LogP contribution in [0.4, 0.5) is 0 Å². The van der Waals surface area contributed by atoms with Crippen molar-refractivity contribution >= 4 is 23.2 Å². The van der Waals surface area contributed by atoms with E-state index in [1.165, 1.54) is 0 Å². The third-order valence-corrected chi connectivity index (χ3v) is 7.41. The van der Waals surface area contributed by atoms with Crippen molar-refractivity contribution in [2.45, 2.75) is 29.0 Å². The lowest BCUT2D eigenvalue weighted by molar-refractivity contribution is 0.401. The number of hydrogen-bond acceptors (Lipinski definition) is 0. The SMILES string of the molecule is CC1=CC=CC1(Cl)C(c1ccccc1)(c1ccccc1)C1(Cl)C=CC=C1C. The highest BCUT2D eigenvalue weighted by molar-refractivity contribution is 6.34. The number of alkyl halides is 2. The fourth-order valence-electron chi connectivity index (χ4n) is 4.64. The van der Waals surface area contributed by atoms with Crippen LogP contribution in [0.5, 0.6) is 0 Å².